The van der Waals surface area contributed by atoms with E-state index in [1.54, 1.807) is 12.2 Å². The van der Waals surface area contributed by atoms with E-state index in [0.29, 0.717) is 12.8 Å². The molecule has 1 aliphatic rings. The molecular formula is C11H16F4N2O3. The molecule has 1 heterocycles. The number of carbonyl (C=O) groups excluding carboxylic acids is 1. The maximum atomic E-state index is 12.7. The van der Waals surface area contributed by atoms with Gasteiger partial charge in [-0.1, -0.05) is 6.92 Å². The number of aliphatic carboxylic acids is 1. The fourth-order valence-corrected chi connectivity index (χ4v) is 2.16. The van der Waals surface area contributed by atoms with Crippen LogP contribution in [0.15, 0.2) is 0 Å². The molecule has 2 unspecified atom stereocenters. The summed E-state index contributed by atoms with van der Waals surface area (Å²) >= 11 is 0. The number of piperidine rings is 1. The summed E-state index contributed by atoms with van der Waals surface area (Å²) < 4.78 is 49.3. The van der Waals surface area contributed by atoms with Crippen molar-refractivity contribution in [1.29, 1.82) is 0 Å². The Kier molecular flexibility index (Phi) is 5.18. The summed E-state index contributed by atoms with van der Waals surface area (Å²) in [5.74, 6) is -5.91. The van der Waals surface area contributed by atoms with Crippen LogP contribution in [0.25, 0.3) is 0 Å². The van der Waals surface area contributed by atoms with E-state index in [4.69, 9.17) is 5.11 Å². The number of carboxylic acids is 1. The van der Waals surface area contributed by atoms with Gasteiger partial charge in [-0.05, 0) is 18.8 Å². The van der Waals surface area contributed by atoms with Gasteiger partial charge in [0.25, 0.3) is 0 Å². The first kappa shape index (κ1) is 16.5. The number of hydrogen-bond donors (Lipinski definition) is 2. The average molecular weight is 300 g/mol. The highest BCUT2D eigenvalue weighted by molar-refractivity contribution is 5.83. The molecule has 0 radical (unpaired) electrons. The monoisotopic (exact) mass is 300 g/mol. The van der Waals surface area contributed by atoms with E-state index in [1.807, 2.05) is 0 Å². The highest BCUT2D eigenvalue weighted by Gasteiger charge is 2.42. The van der Waals surface area contributed by atoms with Crippen molar-refractivity contribution in [2.75, 3.05) is 13.1 Å². The average Bonchev–Trinajstić information content (AvgIpc) is 2.35. The zero-order valence-corrected chi connectivity index (χ0v) is 10.8. The number of alkyl halides is 4. The molecular weight excluding hydrogens is 284 g/mol. The van der Waals surface area contributed by atoms with Crippen LogP contribution in [0.3, 0.4) is 0 Å². The van der Waals surface area contributed by atoms with Crippen LogP contribution < -0.4 is 5.32 Å². The van der Waals surface area contributed by atoms with Crippen LogP contribution in [0.4, 0.5) is 22.4 Å². The number of halogens is 4. The summed E-state index contributed by atoms with van der Waals surface area (Å²) in [7, 11) is 0. The summed E-state index contributed by atoms with van der Waals surface area (Å²) in [6, 6.07) is -2.20. The van der Waals surface area contributed by atoms with Crippen LogP contribution in [-0.4, -0.2) is 53.5 Å². The van der Waals surface area contributed by atoms with Gasteiger partial charge in [0.05, 0.1) is 6.54 Å². The molecule has 20 heavy (non-hydrogen) atoms. The van der Waals surface area contributed by atoms with E-state index in [0.717, 1.165) is 4.90 Å². The molecule has 1 fully saturated rings. The number of urea groups is 1. The fourth-order valence-electron chi connectivity index (χ4n) is 2.16. The van der Waals surface area contributed by atoms with Crippen LogP contribution in [0.1, 0.15) is 19.8 Å². The Balaban J connectivity index is 2.68. The molecule has 2 atom stereocenters. The second-order valence-electron chi connectivity index (χ2n) is 4.82. The summed E-state index contributed by atoms with van der Waals surface area (Å²) in [5, 5.41) is 10.7. The lowest BCUT2D eigenvalue weighted by atomic mass is 9.91. The number of nitrogens with one attached hydrogen (secondary N) is 1. The Hall–Kier alpha value is -1.54. The molecule has 1 aliphatic heterocycles. The highest BCUT2D eigenvalue weighted by atomic mass is 19.3. The SMILES string of the molecule is CC1CCCN(C(=O)NCC(F)(F)C(F)F)C1C(=O)O. The summed E-state index contributed by atoms with van der Waals surface area (Å²) in [6.07, 6.45) is -2.77. The van der Waals surface area contributed by atoms with E-state index < -0.39 is 36.9 Å². The smallest absolute Gasteiger partial charge is 0.326 e. The van der Waals surface area contributed by atoms with Gasteiger partial charge < -0.3 is 15.3 Å². The normalized spacial score (nSPS) is 23.8. The zero-order chi connectivity index (χ0) is 15.5. The predicted octanol–water partition coefficient (Wildman–Crippen LogP) is 1.78. The van der Waals surface area contributed by atoms with Gasteiger partial charge in [0, 0.05) is 6.54 Å². The molecule has 1 saturated heterocycles. The van der Waals surface area contributed by atoms with Crippen molar-refractivity contribution in [3.63, 3.8) is 0 Å². The van der Waals surface area contributed by atoms with Crippen molar-refractivity contribution >= 4 is 12.0 Å². The van der Waals surface area contributed by atoms with Crippen LogP contribution in [-0.2, 0) is 4.79 Å². The van der Waals surface area contributed by atoms with Crippen molar-refractivity contribution in [3.8, 4) is 0 Å². The van der Waals surface area contributed by atoms with E-state index >= 15 is 0 Å². The molecule has 0 aromatic rings. The van der Waals surface area contributed by atoms with Crippen LogP contribution >= 0.6 is 0 Å². The third kappa shape index (κ3) is 3.73. The topological polar surface area (TPSA) is 69.6 Å². The van der Waals surface area contributed by atoms with Crippen molar-refractivity contribution < 1.29 is 32.3 Å². The van der Waals surface area contributed by atoms with Crippen LogP contribution in [0.5, 0.6) is 0 Å². The first-order chi connectivity index (χ1) is 9.16. The highest BCUT2D eigenvalue weighted by Crippen LogP contribution is 2.25. The minimum Gasteiger partial charge on any atom is -0.480 e. The minimum absolute atomic E-state index is 0.0907. The molecule has 0 saturated carbocycles. The summed E-state index contributed by atoms with van der Waals surface area (Å²) in [5.41, 5.74) is 0. The molecule has 1 rings (SSSR count). The van der Waals surface area contributed by atoms with Crippen LogP contribution in [0.2, 0.25) is 0 Å². The molecule has 5 nitrogen and oxygen atoms in total. The number of amides is 2. The van der Waals surface area contributed by atoms with Crippen molar-refractivity contribution in [1.82, 2.24) is 10.2 Å². The summed E-state index contributed by atoms with van der Waals surface area (Å²) in [4.78, 5) is 23.7. The van der Waals surface area contributed by atoms with Crippen molar-refractivity contribution in [3.05, 3.63) is 0 Å². The first-order valence-electron chi connectivity index (χ1n) is 6.10. The van der Waals surface area contributed by atoms with E-state index in [2.05, 4.69) is 0 Å². The van der Waals surface area contributed by atoms with Gasteiger partial charge in [0.2, 0.25) is 0 Å². The molecule has 2 amide bonds. The Labute approximate surface area is 112 Å². The summed E-state index contributed by atoms with van der Waals surface area (Å²) in [6.45, 7) is 0.195. The Morgan fingerprint density at radius 2 is 2.05 bits per heavy atom. The minimum atomic E-state index is -4.34. The third-order valence-corrected chi connectivity index (χ3v) is 3.24. The van der Waals surface area contributed by atoms with E-state index in [9.17, 15) is 27.2 Å². The van der Waals surface area contributed by atoms with Crippen molar-refractivity contribution in [2.45, 2.75) is 38.2 Å². The van der Waals surface area contributed by atoms with Crippen molar-refractivity contribution in [2.24, 2.45) is 5.92 Å². The number of nitrogens with zero attached hydrogens (tertiary/aromatic N) is 1. The Morgan fingerprint density at radius 3 is 2.55 bits per heavy atom. The maximum absolute atomic E-state index is 12.7. The standard InChI is InChI=1S/C11H16F4N2O3/c1-6-3-2-4-17(7(6)8(18)19)10(20)16-5-11(14,15)9(12)13/h6-7,9H,2-5H2,1H3,(H,16,20)(H,18,19). The zero-order valence-electron chi connectivity index (χ0n) is 10.8. The molecule has 0 spiro atoms. The Bertz CT molecular complexity index is 379. The molecule has 0 aliphatic carbocycles. The van der Waals surface area contributed by atoms with Gasteiger partial charge in [-0.3, -0.25) is 0 Å². The number of carboxylic acid groups (broad SMARTS) is 1. The molecule has 0 bridgehead atoms. The fraction of sp³-hybridized carbons (Fsp3) is 0.818. The van der Waals surface area contributed by atoms with E-state index in [1.165, 1.54) is 0 Å². The van der Waals surface area contributed by atoms with E-state index in [-0.39, 0.29) is 12.5 Å². The lowest BCUT2D eigenvalue weighted by Crippen LogP contribution is -2.56. The Morgan fingerprint density at radius 1 is 1.45 bits per heavy atom. The molecule has 9 heteroatoms. The largest absolute Gasteiger partial charge is 0.480 e. The lowest BCUT2D eigenvalue weighted by molar-refractivity contribution is -0.145. The van der Waals surface area contributed by atoms with Gasteiger partial charge in [0.1, 0.15) is 6.04 Å². The quantitative estimate of drug-likeness (QED) is 0.778. The molecule has 0 aromatic heterocycles. The van der Waals surface area contributed by atoms with Gasteiger partial charge >= 0.3 is 24.3 Å². The molecule has 2 N–H and O–H groups in total. The lowest BCUT2D eigenvalue weighted by Gasteiger charge is -2.37. The number of hydrogen-bond acceptors (Lipinski definition) is 2. The molecule has 116 valence electrons. The third-order valence-electron chi connectivity index (χ3n) is 3.24. The first-order valence-corrected chi connectivity index (χ1v) is 6.10. The van der Waals surface area contributed by atoms with Crippen LogP contribution in [0, 0.1) is 5.92 Å². The number of rotatable bonds is 4. The van der Waals surface area contributed by atoms with Gasteiger partial charge in [0.15, 0.2) is 0 Å². The second-order valence-corrected chi connectivity index (χ2v) is 4.82. The van der Waals surface area contributed by atoms with Gasteiger partial charge in [-0.2, -0.15) is 8.78 Å². The molecule has 0 aromatic carbocycles. The van der Waals surface area contributed by atoms with Gasteiger partial charge in [-0.25, -0.2) is 18.4 Å². The second kappa shape index (κ2) is 6.27. The predicted molar refractivity (Wildman–Crippen MR) is 60.9 cm³/mol. The van der Waals surface area contributed by atoms with Gasteiger partial charge in [-0.15, -0.1) is 0 Å². The number of likely N-dealkylation sites (tertiary alicyclic amines) is 1. The maximum Gasteiger partial charge on any atom is 0.326 e. The number of carbonyl (C=O) groups is 2.